The molecule has 3 rings (SSSR count). The van der Waals surface area contributed by atoms with Gasteiger partial charge in [0.1, 0.15) is 5.82 Å². The summed E-state index contributed by atoms with van der Waals surface area (Å²) in [5.41, 5.74) is 2.26. The minimum atomic E-state index is 0. The van der Waals surface area contributed by atoms with Gasteiger partial charge in [0.15, 0.2) is 5.96 Å². The highest BCUT2D eigenvalue weighted by Gasteiger charge is 2.06. The normalized spacial score (nSPS) is 11.4. The Labute approximate surface area is 181 Å². The number of rotatable bonds is 7. The summed E-state index contributed by atoms with van der Waals surface area (Å²) in [6, 6.07) is 8.29. The van der Waals surface area contributed by atoms with Crippen molar-refractivity contribution in [2.45, 2.75) is 33.2 Å². The monoisotopic (exact) mass is 498 g/mol. The lowest BCUT2D eigenvalue weighted by molar-refractivity contribution is 0.624. The molecule has 0 aliphatic rings. The number of aromatic nitrogens is 3. The molecule has 1 aromatic carbocycles. The largest absolute Gasteiger partial charge is 0.356 e. The number of hydrogen-bond donors (Lipinski definition) is 2. The average molecular weight is 498 g/mol. The van der Waals surface area contributed by atoms with Crippen LogP contribution in [0.3, 0.4) is 0 Å². The van der Waals surface area contributed by atoms with E-state index in [1.165, 1.54) is 10.4 Å². The predicted octanol–water partition coefficient (Wildman–Crippen LogP) is 3.53. The van der Waals surface area contributed by atoms with Gasteiger partial charge in [0, 0.05) is 44.2 Å². The summed E-state index contributed by atoms with van der Waals surface area (Å²) in [5.74, 6) is 1.90. The van der Waals surface area contributed by atoms with Crippen LogP contribution in [0.25, 0.3) is 11.0 Å². The van der Waals surface area contributed by atoms with Crippen molar-refractivity contribution in [1.29, 1.82) is 0 Å². The second-order valence-electron chi connectivity index (χ2n) is 6.19. The molecule has 6 nitrogen and oxygen atoms in total. The third-order valence-electron chi connectivity index (χ3n) is 4.22. The molecule has 2 heterocycles. The fourth-order valence-corrected chi connectivity index (χ4v) is 3.73. The summed E-state index contributed by atoms with van der Waals surface area (Å²) in [7, 11) is 1.80. The first-order valence-electron chi connectivity index (χ1n) is 8.95. The number of aliphatic imine (C=N–C) groups is 1. The molecule has 3 aromatic rings. The molecule has 27 heavy (non-hydrogen) atoms. The van der Waals surface area contributed by atoms with Crippen LogP contribution < -0.4 is 10.6 Å². The number of aryl methyl sites for hydroxylation is 3. The Morgan fingerprint density at radius 1 is 1.19 bits per heavy atom. The Morgan fingerprint density at radius 2 is 1.96 bits per heavy atom. The smallest absolute Gasteiger partial charge is 0.190 e. The highest BCUT2D eigenvalue weighted by atomic mass is 127. The van der Waals surface area contributed by atoms with Crippen LogP contribution in [0.2, 0.25) is 0 Å². The molecular formula is C19H27IN6S. The van der Waals surface area contributed by atoms with E-state index < -0.39 is 0 Å². The molecule has 0 unspecified atom stereocenters. The third-order valence-corrected chi connectivity index (χ3v) is 5.19. The minimum absolute atomic E-state index is 0. The summed E-state index contributed by atoms with van der Waals surface area (Å²) < 4.78 is 2.28. The van der Waals surface area contributed by atoms with Gasteiger partial charge in [-0.3, -0.25) is 4.99 Å². The van der Waals surface area contributed by atoms with E-state index in [1.807, 2.05) is 12.3 Å². The van der Waals surface area contributed by atoms with E-state index in [1.54, 1.807) is 18.4 Å². The summed E-state index contributed by atoms with van der Waals surface area (Å²) in [4.78, 5) is 14.5. The molecule has 0 atom stereocenters. The van der Waals surface area contributed by atoms with Gasteiger partial charge >= 0.3 is 0 Å². The van der Waals surface area contributed by atoms with Crippen LogP contribution in [0.4, 0.5) is 0 Å². The zero-order valence-electron chi connectivity index (χ0n) is 16.0. The fourth-order valence-electron chi connectivity index (χ4n) is 2.95. The number of para-hydroxylation sites is 2. The van der Waals surface area contributed by atoms with E-state index in [0.717, 1.165) is 54.8 Å². The Hall–Kier alpha value is -1.68. The zero-order chi connectivity index (χ0) is 18.4. The second-order valence-corrected chi connectivity index (χ2v) is 7.51. The van der Waals surface area contributed by atoms with Gasteiger partial charge < -0.3 is 15.2 Å². The van der Waals surface area contributed by atoms with Gasteiger partial charge in [-0.25, -0.2) is 9.97 Å². The van der Waals surface area contributed by atoms with E-state index in [4.69, 9.17) is 0 Å². The number of benzene rings is 1. The lowest BCUT2D eigenvalue weighted by atomic mass is 10.3. The Bertz CT molecular complexity index is 885. The third kappa shape index (κ3) is 5.90. The number of halogens is 1. The number of guanidine groups is 1. The lowest BCUT2D eigenvalue weighted by Crippen LogP contribution is -2.39. The molecule has 0 fully saturated rings. The number of imidazole rings is 1. The van der Waals surface area contributed by atoms with Crippen molar-refractivity contribution in [2.75, 3.05) is 20.1 Å². The minimum Gasteiger partial charge on any atom is -0.356 e. The van der Waals surface area contributed by atoms with Gasteiger partial charge in [-0.15, -0.1) is 35.3 Å². The molecule has 0 amide bonds. The van der Waals surface area contributed by atoms with Gasteiger partial charge in [-0.1, -0.05) is 12.1 Å². The molecule has 0 saturated heterocycles. The molecular weight excluding hydrogens is 471 g/mol. The molecule has 0 saturated carbocycles. The van der Waals surface area contributed by atoms with Gasteiger partial charge in [0.25, 0.3) is 0 Å². The Balaban J connectivity index is 0.00000261. The fraction of sp³-hybridized carbons (Fsp3) is 0.421. The van der Waals surface area contributed by atoms with Crippen molar-refractivity contribution < 1.29 is 0 Å². The SMILES string of the molecule is CN=C(NCCCn1c(C)nc2ccccc21)NCCc1ncc(C)s1.I. The standard InChI is InChI=1S/C19H26N6S.HI/c1-14-13-23-18(26-14)9-11-22-19(20-3)21-10-6-12-25-15(2)24-16-7-4-5-8-17(16)25;/h4-5,7-8,13H,6,9-12H2,1-3H3,(H2,20,21,22);1H. The van der Waals surface area contributed by atoms with Crippen LogP contribution in [0, 0.1) is 13.8 Å². The molecule has 8 heteroatoms. The molecule has 0 aliphatic heterocycles. The molecule has 0 aliphatic carbocycles. The second kappa shape index (κ2) is 10.6. The van der Waals surface area contributed by atoms with Crippen LogP contribution in [0.5, 0.6) is 0 Å². The summed E-state index contributed by atoms with van der Waals surface area (Å²) in [5, 5.41) is 7.89. The van der Waals surface area contributed by atoms with Crippen molar-refractivity contribution >= 4 is 52.3 Å². The van der Waals surface area contributed by atoms with Gasteiger partial charge in [-0.05, 0) is 32.4 Å². The number of fused-ring (bicyclic) bond motifs is 1. The number of hydrogen-bond acceptors (Lipinski definition) is 4. The molecule has 2 N–H and O–H groups in total. The van der Waals surface area contributed by atoms with Crippen LogP contribution in [0.1, 0.15) is 22.1 Å². The van der Waals surface area contributed by atoms with Crippen molar-refractivity contribution in [3.8, 4) is 0 Å². The van der Waals surface area contributed by atoms with E-state index in [2.05, 4.69) is 62.2 Å². The summed E-state index contributed by atoms with van der Waals surface area (Å²) >= 11 is 1.75. The van der Waals surface area contributed by atoms with Crippen molar-refractivity contribution in [1.82, 2.24) is 25.2 Å². The topological polar surface area (TPSA) is 67.1 Å². The van der Waals surface area contributed by atoms with Gasteiger partial charge in [-0.2, -0.15) is 0 Å². The zero-order valence-corrected chi connectivity index (χ0v) is 19.2. The van der Waals surface area contributed by atoms with Gasteiger partial charge in [0.2, 0.25) is 0 Å². The Morgan fingerprint density at radius 3 is 2.70 bits per heavy atom. The first-order valence-corrected chi connectivity index (χ1v) is 9.76. The highest BCUT2D eigenvalue weighted by molar-refractivity contribution is 14.0. The maximum Gasteiger partial charge on any atom is 0.190 e. The van der Waals surface area contributed by atoms with E-state index in [-0.39, 0.29) is 24.0 Å². The van der Waals surface area contributed by atoms with Crippen molar-refractivity contribution in [3.63, 3.8) is 0 Å². The molecule has 2 aromatic heterocycles. The van der Waals surface area contributed by atoms with Crippen LogP contribution in [-0.4, -0.2) is 40.6 Å². The quantitative estimate of drug-likeness (QED) is 0.227. The lowest BCUT2D eigenvalue weighted by Gasteiger charge is -2.12. The van der Waals surface area contributed by atoms with Crippen LogP contribution in [-0.2, 0) is 13.0 Å². The number of nitrogens with zero attached hydrogens (tertiary/aromatic N) is 4. The average Bonchev–Trinajstić information content (AvgIpc) is 3.19. The van der Waals surface area contributed by atoms with E-state index in [0.29, 0.717) is 0 Å². The number of thiazole rings is 1. The summed E-state index contributed by atoms with van der Waals surface area (Å²) in [6.07, 6.45) is 3.85. The first-order chi connectivity index (χ1) is 12.7. The maximum atomic E-state index is 4.62. The predicted molar refractivity (Wildman–Crippen MR) is 124 cm³/mol. The van der Waals surface area contributed by atoms with Crippen LogP contribution >= 0.6 is 35.3 Å². The summed E-state index contributed by atoms with van der Waals surface area (Å²) in [6.45, 7) is 6.78. The van der Waals surface area contributed by atoms with Crippen molar-refractivity contribution in [3.05, 3.63) is 46.2 Å². The Kier molecular flexibility index (Phi) is 8.49. The molecule has 0 spiro atoms. The number of nitrogens with one attached hydrogen (secondary N) is 2. The van der Waals surface area contributed by atoms with Crippen LogP contribution in [0.15, 0.2) is 35.5 Å². The first kappa shape index (κ1) is 21.6. The van der Waals surface area contributed by atoms with Gasteiger partial charge in [0.05, 0.1) is 16.0 Å². The van der Waals surface area contributed by atoms with E-state index in [9.17, 15) is 0 Å². The highest BCUT2D eigenvalue weighted by Crippen LogP contribution is 2.15. The van der Waals surface area contributed by atoms with E-state index >= 15 is 0 Å². The molecule has 0 radical (unpaired) electrons. The van der Waals surface area contributed by atoms with Crippen molar-refractivity contribution in [2.24, 2.45) is 4.99 Å². The molecule has 146 valence electrons. The maximum absolute atomic E-state index is 4.62. The molecule has 0 bridgehead atoms.